The molecule has 0 saturated heterocycles. The number of hydrogen-bond donors (Lipinski definition) is 2. The third-order valence-electron chi connectivity index (χ3n) is 2.62. The molecule has 0 unspecified atom stereocenters. The van der Waals surface area contributed by atoms with Crippen LogP contribution in [-0.4, -0.2) is 39.5 Å². The molecule has 0 aliphatic heterocycles. The Balaban J connectivity index is 1.84. The van der Waals surface area contributed by atoms with Crippen LogP contribution in [0.15, 0.2) is 36.8 Å². The van der Waals surface area contributed by atoms with Crippen LogP contribution in [0.1, 0.15) is 20.8 Å². The van der Waals surface area contributed by atoms with Gasteiger partial charge in [0.1, 0.15) is 5.60 Å². The largest absolute Gasteiger partial charge is 0.444 e. The maximum atomic E-state index is 11.5. The quantitative estimate of drug-likeness (QED) is 0.828. The predicted octanol–water partition coefficient (Wildman–Crippen LogP) is 2.20. The van der Waals surface area contributed by atoms with Crippen LogP contribution in [0.5, 0.6) is 0 Å². The van der Waals surface area contributed by atoms with E-state index in [9.17, 15) is 4.79 Å². The fourth-order valence-electron chi connectivity index (χ4n) is 1.79. The van der Waals surface area contributed by atoms with E-state index in [1.807, 2.05) is 45.2 Å². The summed E-state index contributed by atoms with van der Waals surface area (Å²) < 4.78 is 6.85. The highest BCUT2D eigenvalue weighted by atomic mass is 16.6. The van der Waals surface area contributed by atoms with Gasteiger partial charge in [-0.2, -0.15) is 5.10 Å². The van der Waals surface area contributed by atoms with Gasteiger partial charge in [-0.3, -0.25) is 0 Å². The minimum absolute atomic E-state index is 0.423. The van der Waals surface area contributed by atoms with Gasteiger partial charge in [0.15, 0.2) is 5.82 Å². The van der Waals surface area contributed by atoms with Gasteiger partial charge in [0.25, 0.3) is 0 Å². The van der Waals surface area contributed by atoms with Crippen LogP contribution in [0.3, 0.4) is 0 Å². The molecule has 0 aromatic carbocycles. The summed E-state index contributed by atoms with van der Waals surface area (Å²) in [6.45, 7) is 6.49. The number of anilines is 1. The summed E-state index contributed by atoms with van der Waals surface area (Å²) >= 11 is 0. The molecule has 22 heavy (non-hydrogen) atoms. The molecule has 7 nitrogen and oxygen atoms in total. The molecule has 1 amide bonds. The smallest absolute Gasteiger partial charge is 0.407 e. The average molecular weight is 303 g/mol. The normalized spacial score (nSPS) is 11.0. The zero-order valence-corrected chi connectivity index (χ0v) is 13.0. The van der Waals surface area contributed by atoms with Gasteiger partial charge in [-0.15, -0.1) is 0 Å². The van der Waals surface area contributed by atoms with Crippen LogP contribution in [0.4, 0.5) is 10.5 Å². The summed E-state index contributed by atoms with van der Waals surface area (Å²) in [5.74, 6) is 0.713. The molecular formula is C15H21N5O2. The number of hydrogen-bond acceptors (Lipinski definition) is 5. The standard InChI is InChI=1S/C15H21N5O2/c1-15(2,3)22-14(21)18-10-9-16-12-6-4-7-17-13(12)20-11-5-8-19-20/h4-8,11,16H,9-10H2,1-3H3,(H,18,21). The lowest BCUT2D eigenvalue weighted by molar-refractivity contribution is 0.0530. The first-order valence-corrected chi connectivity index (χ1v) is 7.11. The second kappa shape index (κ2) is 6.93. The van der Waals surface area contributed by atoms with Crippen molar-refractivity contribution in [2.75, 3.05) is 18.4 Å². The van der Waals surface area contributed by atoms with Gasteiger partial charge in [-0.25, -0.2) is 14.5 Å². The zero-order chi connectivity index (χ0) is 16.0. The first kappa shape index (κ1) is 15.8. The van der Waals surface area contributed by atoms with E-state index < -0.39 is 11.7 Å². The molecule has 0 bridgehead atoms. The zero-order valence-electron chi connectivity index (χ0n) is 13.0. The highest BCUT2D eigenvalue weighted by Crippen LogP contribution is 2.15. The number of amides is 1. The Morgan fingerprint density at radius 2 is 2.09 bits per heavy atom. The molecule has 0 atom stereocenters. The maximum Gasteiger partial charge on any atom is 0.407 e. The first-order valence-electron chi connectivity index (χ1n) is 7.11. The fraction of sp³-hybridized carbons (Fsp3) is 0.400. The van der Waals surface area contributed by atoms with Crippen molar-refractivity contribution in [1.29, 1.82) is 0 Å². The Hall–Kier alpha value is -2.57. The Labute approximate surface area is 129 Å². The lowest BCUT2D eigenvalue weighted by Gasteiger charge is -2.19. The number of nitrogens with one attached hydrogen (secondary N) is 2. The van der Waals surface area contributed by atoms with Crippen molar-refractivity contribution in [3.05, 3.63) is 36.8 Å². The van der Waals surface area contributed by atoms with E-state index in [0.717, 1.165) is 5.69 Å². The summed E-state index contributed by atoms with van der Waals surface area (Å²) in [7, 11) is 0. The fourth-order valence-corrected chi connectivity index (χ4v) is 1.79. The third kappa shape index (κ3) is 4.76. The monoisotopic (exact) mass is 303 g/mol. The second-order valence-corrected chi connectivity index (χ2v) is 5.68. The van der Waals surface area contributed by atoms with E-state index in [0.29, 0.717) is 18.9 Å². The van der Waals surface area contributed by atoms with Crippen molar-refractivity contribution in [1.82, 2.24) is 20.1 Å². The molecule has 2 aromatic heterocycles. The molecule has 2 aromatic rings. The number of nitrogens with zero attached hydrogens (tertiary/aromatic N) is 3. The van der Waals surface area contributed by atoms with Crippen molar-refractivity contribution in [3.8, 4) is 5.82 Å². The van der Waals surface area contributed by atoms with E-state index in [1.165, 1.54) is 0 Å². The molecule has 2 rings (SSSR count). The summed E-state index contributed by atoms with van der Waals surface area (Å²) in [6, 6.07) is 5.59. The Morgan fingerprint density at radius 3 is 2.77 bits per heavy atom. The molecule has 0 aliphatic rings. The third-order valence-corrected chi connectivity index (χ3v) is 2.62. The Morgan fingerprint density at radius 1 is 1.27 bits per heavy atom. The number of rotatable bonds is 5. The topological polar surface area (TPSA) is 81.1 Å². The molecule has 0 fully saturated rings. The number of alkyl carbamates (subject to hydrolysis) is 1. The van der Waals surface area contributed by atoms with Crippen LogP contribution >= 0.6 is 0 Å². The van der Waals surface area contributed by atoms with Crippen LogP contribution < -0.4 is 10.6 Å². The number of carbonyl (C=O) groups excluding carboxylic acids is 1. The summed E-state index contributed by atoms with van der Waals surface area (Å²) in [6.07, 6.45) is 4.81. The van der Waals surface area contributed by atoms with Gasteiger partial charge >= 0.3 is 6.09 Å². The Bertz CT molecular complexity index is 605. The van der Waals surface area contributed by atoms with Crippen LogP contribution in [0.25, 0.3) is 5.82 Å². The number of aromatic nitrogens is 3. The van der Waals surface area contributed by atoms with E-state index in [1.54, 1.807) is 17.1 Å². The van der Waals surface area contributed by atoms with Crippen molar-refractivity contribution in [2.45, 2.75) is 26.4 Å². The summed E-state index contributed by atoms with van der Waals surface area (Å²) in [5, 5.41) is 10.1. The number of pyridine rings is 1. The molecule has 118 valence electrons. The van der Waals surface area contributed by atoms with Crippen LogP contribution in [-0.2, 0) is 4.74 Å². The molecular weight excluding hydrogens is 282 g/mol. The van der Waals surface area contributed by atoms with Crippen molar-refractivity contribution in [3.63, 3.8) is 0 Å². The van der Waals surface area contributed by atoms with Crippen LogP contribution in [0.2, 0.25) is 0 Å². The van der Waals surface area contributed by atoms with E-state index in [2.05, 4.69) is 20.7 Å². The molecule has 2 heterocycles. The Kier molecular flexibility index (Phi) is 4.98. The molecule has 0 spiro atoms. The minimum Gasteiger partial charge on any atom is -0.444 e. The molecule has 2 N–H and O–H groups in total. The highest BCUT2D eigenvalue weighted by molar-refractivity contribution is 5.67. The highest BCUT2D eigenvalue weighted by Gasteiger charge is 2.15. The van der Waals surface area contributed by atoms with Gasteiger partial charge in [-0.05, 0) is 39.0 Å². The minimum atomic E-state index is -0.492. The summed E-state index contributed by atoms with van der Waals surface area (Å²) in [4.78, 5) is 15.8. The van der Waals surface area contributed by atoms with Crippen molar-refractivity contribution in [2.24, 2.45) is 0 Å². The lowest BCUT2D eigenvalue weighted by Crippen LogP contribution is -2.35. The predicted molar refractivity (Wildman–Crippen MR) is 84.1 cm³/mol. The number of carbonyl (C=O) groups is 1. The van der Waals surface area contributed by atoms with Crippen LogP contribution in [0, 0.1) is 0 Å². The summed E-state index contributed by atoms with van der Waals surface area (Å²) in [5.41, 5.74) is 0.353. The average Bonchev–Trinajstić information content (AvgIpc) is 2.96. The van der Waals surface area contributed by atoms with E-state index in [4.69, 9.17) is 4.74 Å². The van der Waals surface area contributed by atoms with E-state index >= 15 is 0 Å². The second-order valence-electron chi connectivity index (χ2n) is 5.68. The molecule has 7 heteroatoms. The molecule has 0 aliphatic carbocycles. The SMILES string of the molecule is CC(C)(C)OC(=O)NCCNc1cccnc1-n1cccn1. The maximum absolute atomic E-state index is 11.5. The number of ether oxygens (including phenoxy) is 1. The van der Waals surface area contributed by atoms with Gasteiger partial charge < -0.3 is 15.4 Å². The van der Waals surface area contributed by atoms with Gasteiger partial charge in [-0.1, -0.05) is 0 Å². The van der Waals surface area contributed by atoms with E-state index in [-0.39, 0.29) is 0 Å². The lowest BCUT2D eigenvalue weighted by atomic mass is 10.2. The van der Waals surface area contributed by atoms with Gasteiger partial charge in [0.05, 0.1) is 5.69 Å². The van der Waals surface area contributed by atoms with Gasteiger partial charge in [0.2, 0.25) is 0 Å². The van der Waals surface area contributed by atoms with Crippen molar-refractivity contribution < 1.29 is 9.53 Å². The first-order chi connectivity index (χ1) is 10.5. The van der Waals surface area contributed by atoms with Crippen molar-refractivity contribution >= 4 is 11.8 Å². The van der Waals surface area contributed by atoms with Gasteiger partial charge in [0, 0.05) is 31.7 Å². The molecule has 0 radical (unpaired) electrons. The molecule has 0 saturated carbocycles.